The molecule has 0 unspecified atom stereocenters. The number of likely N-dealkylation sites (tertiary alicyclic amines) is 1. The van der Waals surface area contributed by atoms with Crippen molar-refractivity contribution in [3.05, 3.63) is 12.2 Å². The minimum absolute atomic E-state index is 0.0200. The van der Waals surface area contributed by atoms with E-state index in [0.29, 0.717) is 6.54 Å². The quantitative estimate of drug-likeness (QED) is 0.470. The highest BCUT2D eigenvalue weighted by atomic mass is 16.2. The van der Waals surface area contributed by atoms with E-state index in [9.17, 15) is 4.79 Å². The van der Waals surface area contributed by atoms with Crippen molar-refractivity contribution in [1.29, 1.82) is 0 Å². The van der Waals surface area contributed by atoms with Crippen molar-refractivity contribution < 1.29 is 4.79 Å². The molecule has 1 fully saturated rings. The number of hydrogen-bond donors (Lipinski definition) is 1. The van der Waals surface area contributed by atoms with Crippen LogP contribution in [-0.2, 0) is 4.79 Å². The molecule has 1 aliphatic heterocycles. The first-order valence-electron chi connectivity index (χ1n) is 6.88. The maximum atomic E-state index is 11.6. The van der Waals surface area contributed by atoms with Crippen LogP contribution in [0.2, 0.25) is 0 Å². The first-order valence-corrected chi connectivity index (χ1v) is 6.88. The molecule has 19 heavy (non-hydrogen) atoms. The van der Waals surface area contributed by atoms with Crippen LogP contribution in [0.3, 0.4) is 0 Å². The Morgan fingerprint density at radius 2 is 1.95 bits per heavy atom. The van der Waals surface area contributed by atoms with Gasteiger partial charge in [0.15, 0.2) is 5.96 Å². The molecule has 1 N–H and O–H groups in total. The van der Waals surface area contributed by atoms with Crippen molar-refractivity contribution in [2.24, 2.45) is 4.99 Å². The molecule has 0 atom stereocenters. The normalized spacial score (nSPS) is 16.2. The summed E-state index contributed by atoms with van der Waals surface area (Å²) < 4.78 is 0. The van der Waals surface area contributed by atoms with Crippen LogP contribution in [0.15, 0.2) is 17.1 Å². The smallest absolute Gasteiger partial charge is 0.243 e. The number of carbonyl (C=O) groups excluding carboxylic acids is 1. The van der Waals surface area contributed by atoms with Gasteiger partial charge in [-0.25, -0.2) is 4.99 Å². The van der Waals surface area contributed by atoms with Crippen LogP contribution in [0.5, 0.6) is 0 Å². The van der Waals surface area contributed by atoms with Gasteiger partial charge in [-0.1, -0.05) is 12.2 Å². The van der Waals surface area contributed by atoms with E-state index in [-0.39, 0.29) is 12.5 Å². The number of aliphatic imine (C=N–C) groups is 1. The molecule has 0 radical (unpaired) electrons. The number of guanidine groups is 1. The number of nitrogens with zero attached hydrogens (tertiary/aromatic N) is 3. The Kier molecular flexibility index (Phi) is 6.39. The van der Waals surface area contributed by atoms with Crippen molar-refractivity contribution in [3.8, 4) is 0 Å². The number of piperidine rings is 1. The zero-order valence-electron chi connectivity index (χ0n) is 12.4. The summed E-state index contributed by atoms with van der Waals surface area (Å²) >= 11 is 0. The van der Waals surface area contributed by atoms with Crippen molar-refractivity contribution in [1.82, 2.24) is 15.1 Å². The van der Waals surface area contributed by atoms with Crippen LogP contribution in [0.1, 0.15) is 26.2 Å². The predicted molar refractivity (Wildman–Crippen MR) is 79.2 cm³/mol. The standard InChI is InChI=1S/C14H26N4O/c1-12(2)10-15-14(16-11-13(19)17(3)4)18-8-6-5-7-9-18/h1,5-11H2,2-4H3,(H,15,16). The van der Waals surface area contributed by atoms with E-state index in [4.69, 9.17) is 0 Å². The fourth-order valence-corrected chi connectivity index (χ4v) is 1.89. The van der Waals surface area contributed by atoms with E-state index in [1.807, 2.05) is 6.92 Å². The Morgan fingerprint density at radius 1 is 1.32 bits per heavy atom. The summed E-state index contributed by atoms with van der Waals surface area (Å²) in [6.07, 6.45) is 3.66. The summed E-state index contributed by atoms with van der Waals surface area (Å²) in [6.45, 7) is 8.78. The summed E-state index contributed by atoms with van der Waals surface area (Å²) in [7, 11) is 3.50. The minimum Gasteiger partial charge on any atom is -0.353 e. The molecule has 1 aliphatic rings. The third kappa shape index (κ3) is 5.77. The molecule has 0 saturated carbocycles. The Balaban J connectivity index is 2.63. The van der Waals surface area contributed by atoms with Crippen LogP contribution >= 0.6 is 0 Å². The number of nitrogens with one attached hydrogen (secondary N) is 1. The van der Waals surface area contributed by atoms with Crippen molar-refractivity contribution in [2.75, 3.05) is 40.3 Å². The molecule has 0 aliphatic carbocycles. The fraction of sp³-hybridized carbons (Fsp3) is 0.714. The SMILES string of the molecule is C=C(C)CNC(=NCC(=O)N(C)C)N1CCCCC1. The number of hydrogen-bond acceptors (Lipinski definition) is 2. The molecule has 1 amide bonds. The zero-order chi connectivity index (χ0) is 14.3. The van der Waals surface area contributed by atoms with Crippen LogP contribution in [0, 0.1) is 0 Å². The highest BCUT2D eigenvalue weighted by Crippen LogP contribution is 2.08. The molecule has 5 heteroatoms. The molecule has 1 rings (SSSR count). The van der Waals surface area contributed by atoms with E-state index in [1.54, 1.807) is 19.0 Å². The van der Waals surface area contributed by atoms with Crippen LogP contribution in [0.4, 0.5) is 0 Å². The summed E-state index contributed by atoms with van der Waals surface area (Å²) in [5, 5.41) is 3.29. The molecule has 0 bridgehead atoms. The summed E-state index contributed by atoms with van der Waals surface area (Å²) in [6, 6.07) is 0. The maximum Gasteiger partial charge on any atom is 0.243 e. The molecular weight excluding hydrogens is 240 g/mol. The molecule has 0 aromatic heterocycles. The van der Waals surface area contributed by atoms with Crippen LogP contribution in [-0.4, -0.2) is 61.9 Å². The van der Waals surface area contributed by atoms with Gasteiger partial charge in [0.05, 0.1) is 0 Å². The van der Waals surface area contributed by atoms with Crippen LogP contribution < -0.4 is 5.32 Å². The van der Waals surface area contributed by atoms with Gasteiger partial charge in [-0.15, -0.1) is 0 Å². The van der Waals surface area contributed by atoms with Gasteiger partial charge in [0.2, 0.25) is 5.91 Å². The third-order valence-electron chi connectivity index (χ3n) is 3.07. The topological polar surface area (TPSA) is 47.9 Å². The van der Waals surface area contributed by atoms with E-state index in [2.05, 4.69) is 21.8 Å². The zero-order valence-corrected chi connectivity index (χ0v) is 12.4. The monoisotopic (exact) mass is 266 g/mol. The lowest BCUT2D eigenvalue weighted by molar-refractivity contribution is -0.127. The molecule has 5 nitrogen and oxygen atoms in total. The summed E-state index contributed by atoms with van der Waals surface area (Å²) in [4.78, 5) is 19.9. The lowest BCUT2D eigenvalue weighted by Gasteiger charge is -2.30. The van der Waals surface area contributed by atoms with Gasteiger partial charge in [0, 0.05) is 33.7 Å². The average molecular weight is 266 g/mol. The second-order valence-electron chi connectivity index (χ2n) is 5.29. The van der Waals surface area contributed by atoms with Gasteiger partial charge in [0.25, 0.3) is 0 Å². The molecule has 1 saturated heterocycles. The Morgan fingerprint density at radius 3 is 2.47 bits per heavy atom. The van der Waals surface area contributed by atoms with Gasteiger partial charge in [-0.05, 0) is 26.2 Å². The van der Waals surface area contributed by atoms with E-state index in [0.717, 1.165) is 24.6 Å². The number of rotatable bonds is 4. The van der Waals surface area contributed by atoms with Crippen molar-refractivity contribution >= 4 is 11.9 Å². The molecule has 0 aromatic carbocycles. The maximum absolute atomic E-state index is 11.6. The first kappa shape index (κ1) is 15.5. The Bertz CT molecular complexity index is 343. The highest BCUT2D eigenvalue weighted by Gasteiger charge is 2.15. The summed E-state index contributed by atoms with van der Waals surface area (Å²) in [5.41, 5.74) is 1.06. The minimum atomic E-state index is 0.0200. The lowest BCUT2D eigenvalue weighted by Crippen LogP contribution is -2.45. The highest BCUT2D eigenvalue weighted by molar-refractivity contribution is 5.85. The third-order valence-corrected chi connectivity index (χ3v) is 3.07. The number of likely N-dealkylation sites (N-methyl/N-ethyl adjacent to an activating group) is 1. The predicted octanol–water partition coefficient (Wildman–Crippen LogP) is 1.08. The fourth-order valence-electron chi connectivity index (χ4n) is 1.89. The first-order chi connectivity index (χ1) is 9.00. The van der Waals surface area contributed by atoms with E-state index >= 15 is 0 Å². The molecule has 1 heterocycles. The Labute approximate surface area is 116 Å². The van der Waals surface area contributed by atoms with Gasteiger partial charge < -0.3 is 15.1 Å². The van der Waals surface area contributed by atoms with E-state index < -0.39 is 0 Å². The van der Waals surface area contributed by atoms with Gasteiger partial charge in [-0.3, -0.25) is 4.79 Å². The molecule has 0 aromatic rings. The number of amides is 1. The Hall–Kier alpha value is -1.52. The van der Waals surface area contributed by atoms with Crippen LogP contribution in [0.25, 0.3) is 0 Å². The van der Waals surface area contributed by atoms with Crippen molar-refractivity contribution in [3.63, 3.8) is 0 Å². The van der Waals surface area contributed by atoms with Gasteiger partial charge in [-0.2, -0.15) is 0 Å². The van der Waals surface area contributed by atoms with Crippen molar-refractivity contribution in [2.45, 2.75) is 26.2 Å². The van der Waals surface area contributed by atoms with Gasteiger partial charge in [0.1, 0.15) is 6.54 Å². The second kappa shape index (κ2) is 7.81. The molecular formula is C14H26N4O. The molecule has 108 valence electrons. The molecule has 0 spiro atoms. The largest absolute Gasteiger partial charge is 0.353 e. The number of carbonyl (C=O) groups is 1. The second-order valence-corrected chi connectivity index (χ2v) is 5.29. The lowest BCUT2D eigenvalue weighted by atomic mass is 10.1. The average Bonchev–Trinajstić information content (AvgIpc) is 2.39. The van der Waals surface area contributed by atoms with Gasteiger partial charge >= 0.3 is 0 Å². The summed E-state index contributed by atoms with van der Waals surface area (Å²) in [5.74, 6) is 0.851. The van der Waals surface area contributed by atoms with E-state index in [1.165, 1.54) is 19.3 Å².